The lowest BCUT2D eigenvalue weighted by Crippen LogP contribution is -1.83. The first kappa shape index (κ1) is 12.1. The predicted octanol–water partition coefficient (Wildman–Crippen LogP) is 5.72. The predicted molar refractivity (Wildman–Crippen MR) is 96.8 cm³/mol. The van der Waals surface area contributed by atoms with Gasteiger partial charge in [-0.2, -0.15) is 10.9 Å². The highest BCUT2D eigenvalue weighted by Gasteiger charge is 2.18. The van der Waals surface area contributed by atoms with Crippen LogP contribution in [0.4, 0.5) is 0 Å². The lowest BCUT2D eigenvalue weighted by Gasteiger charge is -2.16. The summed E-state index contributed by atoms with van der Waals surface area (Å²) in [5.74, 6) is 0. The van der Waals surface area contributed by atoms with E-state index in [1.54, 1.807) is 0 Å². The van der Waals surface area contributed by atoms with Gasteiger partial charge in [-0.25, -0.2) is 0 Å². The van der Waals surface area contributed by atoms with Gasteiger partial charge in [-0.3, -0.25) is 0 Å². The zero-order valence-electron chi connectivity index (χ0n) is 12.0. The number of fused-ring (bicyclic) bond motifs is 4. The second-order valence-corrected chi connectivity index (χ2v) is 7.62. The Morgan fingerprint density at radius 1 is 0.682 bits per heavy atom. The van der Waals surface area contributed by atoms with Crippen molar-refractivity contribution in [3.63, 3.8) is 0 Å². The molecule has 106 valence electrons. The first-order chi connectivity index (χ1) is 10.9. The van der Waals surface area contributed by atoms with Crippen LogP contribution in [-0.4, -0.2) is 4.98 Å². The Bertz CT molecular complexity index is 1040. The van der Waals surface area contributed by atoms with E-state index in [0.29, 0.717) is 0 Å². The minimum Gasteiger partial charge on any atom is -0.354 e. The molecule has 1 aromatic heterocycles. The van der Waals surface area contributed by atoms with Gasteiger partial charge in [-0.05, 0) is 35.2 Å². The second kappa shape index (κ2) is 4.52. The molecule has 2 heterocycles. The highest BCUT2D eigenvalue weighted by Crippen LogP contribution is 2.54. The average Bonchev–Trinajstić information content (AvgIpc) is 3.16. The number of benzene rings is 3. The molecule has 0 saturated carbocycles. The van der Waals surface area contributed by atoms with Gasteiger partial charge in [0.15, 0.2) is 0 Å². The zero-order chi connectivity index (χ0) is 14.5. The molecule has 1 nitrogen and oxygen atoms in total. The van der Waals surface area contributed by atoms with Crippen LogP contribution in [0, 0.1) is 0 Å². The van der Waals surface area contributed by atoms with Crippen LogP contribution in [0.25, 0.3) is 27.9 Å². The number of thiol groups is 1. The quantitative estimate of drug-likeness (QED) is 0.418. The van der Waals surface area contributed by atoms with Gasteiger partial charge >= 0.3 is 0 Å². The molecule has 5 rings (SSSR count). The van der Waals surface area contributed by atoms with E-state index < -0.39 is 10.9 Å². The van der Waals surface area contributed by atoms with Crippen molar-refractivity contribution in [3.05, 3.63) is 77.7 Å². The fourth-order valence-corrected chi connectivity index (χ4v) is 5.58. The van der Waals surface area contributed by atoms with Crippen LogP contribution in [-0.2, 0) is 0 Å². The Balaban J connectivity index is 1.81. The van der Waals surface area contributed by atoms with Gasteiger partial charge < -0.3 is 4.98 Å². The summed E-state index contributed by atoms with van der Waals surface area (Å²) in [4.78, 5) is 6.52. The third-order valence-corrected chi connectivity index (χ3v) is 6.64. The Kier molecular flexibility index (Phi) is 2.49. The summed E-state index contributed by atoms with van der Waals surface area (Å²) >= 11 is 0. The van der Waals surface area contributed by atoms with E-state index in [1.807, 2.05) is 0 Å². The van der Waals surface area contributed by atoms with E-state index in [2.05, 4.69) is 83.2 Å². The normalized spacial score (nSPS) is 18.1. The maximum absolute atomic E-state index is 3.64. The SMILES string of the molecule is C1=C[SH](c2cccc3c2[nH]c2ccccc23)c2ccccc21. The summed E-state index contributed by atoms with van der Waals surface area (Å²) in [6, 6.07) is 24.0. The van der Waals surface area contributed by atoms with E-state index in [-0.39, 0.29) is 0 Å². The van der Waals surface area contributed by atoms with Crippen LogP contribution in [0.5, 0.6) is 0 Å². The summed E-state index contributed by atoms with van der Waals surface area (Å²) in [5.41, 5.74) is 3.87. The lowest BCUT2D eigenvalue weighted by molar-refractivity contribution is 1.39. The van der Waals surface area contributed by atoms with Crippen molar-refractivity contribution < 1.29 is 0 Å². The van der Waals surface area contributed by atoms with E-state index in [0.717, 1.165) is 0 Å². The number of nitrogens with one attached hydrogen (secondary N) is 1. The molecule has 0 bridgehead atoms. The highest BCUT2D eigenvalue weighted by atomic mass is 32.2. The van der Waals surface area contributed by atoms with Crippen LogP contribution in [0.3, 0.4) is 0 Å². The van der Waals surface area contributed by atoms with E-state index in [9.17, 15) is 0 Å². The highest BCUT2D eigenvalue weighted by molar-refractivity contribution is 8.20. The number of aromatic amines is 1. The fraction of sp³-hybridized carbons (Fsp3) is 0. The topological polar surface area (TPSA) is 15.8 Å². The third kappa shape index (κ3) is 1.62. The molecule has 1 aliphatic heterocycles. The molecule has 3 aromatic carbocycles. The molecule has 4 aromatic rings. The Labute approximate surface area is 131 Å². The van der Waals surface area contributed by atoms with Crippen molar-refractivity contribution in [2.45, 2.75) is 9.79 Å². The molecule has 0 fully saturated rings. The lowest BCUT2D eigenvalue weighted by atomic mass is 10.1. The number of H-pyrrole nitrogens is 1. The minimum absolute atomic E-state index is 0.405. The van der Waals surface area contributed by atoms with Crippen LogP contribution in [0.1, 0.15) is 5.56 Å². The maximum Gasteiger partial charge on any atom is 0.0591 e. The molecule has 0 spiro atoms. The number of hydrogen-bond donors (Lipinski definition) is 2. The standard InChI is InChI=1S/C20H15NS/c1-4-10-18-14(6-1)12-13-22(18)19-11-5-8-16-15-7-2-3-9-17(15)21-20(16)19/h1-13,21-22H. The Morgan fingerprint density at radius 3 is 2.45 bits per heavy atom. The molecule has 22 heavy (non-hydrogen) atoms. The maximum atomic E-state index is 3.64. The smallest absolute Gasteiger partial charge is 0.0591 e. The molecule has 1 atom stereocenters. The van der Waals surface area contributed by atoms with E-state index in [4.69, 9.17) is 0 Å². The van der Waals surface area contributed by atoms with Crippen LogP contribution in [0.15, 0.2) is 81.9 Å². The van der Waals surface area contributed by atoms with Crippen molar-refractivity contribution in [2.24, 2.45) is 0 Å². The van der Waals surface area contributed by atoms with Gasteiger partial charge in [0.25, 0.3) is 0 Å². The van der Waals surface area contributed by atoms with Gasteiger partial charge in [0.2, 0.25) is 0 Å². The van der Waals surface area contributed by atoms with Gasteiger partial charge in [0.05, 0.1) is 5.52 Å². The molecule has 0 amide bonds. The summed E-state index contributed by atoms with van der Waals surface area (Å²) in [5, 5.41) is 5.01. The van der Waals surface area contributed by atoms with Gasteiger partial charge in [0.1, 0.15) is 0 Å². The van der Waals surface area contributed by atoms with Gasteiger partial charge in [0, 0.05) is 26.1 Å². The van der Waals surface area contributed by atoms with E-state index in [1.165, 1.54) is 37.2 Å². The molecule has 0 radical (unpaired) electrons. The van der Waals surface area contributed by atoms with Crippen molar-refractivity contribution >= 4 is 38.8 Å². The first-order valence-corrected chi connectivity index (χ1v) is 8.89. The van der Waals surface area contributed by atoms with Gasteiger partial charge in [-0.1, -0.05) is 48.5 Å². The fourth-order valence-electron chi connectivity index (χ4n) is 3.35. The van der Waals surface area contributed by atoms with Crippen molar-refractivity contribution in [2.75, 3.05) is 0 Å². The number of hydrogen-bond acceptors (Lipinski definition) is 0. The first-order valence-electron chi connectivity index (χ1n) is 7.48. The van der Waals surface area contributed by atoms with Gasteiger partial charge in [-0.15, -0.1) is 0 Å². The third-order valence-electron chi connectivity index (χ3n) is 4.38. The zero-order valence-corrected chi connectivity index (χ0v) is 12.8. The van der Waals surface area contributed by atoms with Crippen LogP contribution >= 0.6 is 10.9 Å². The molecular weight excluding hydrogens is 286 g/mol. The number of rotatable bonds is 1. The largest absolute Gasteiger partial charge is 0.354 e. The van der Waals surface area contributed by atoms with E-state index >= 15 is 0 Å². The number of para-hydroxylation sites is 2. The molecular formula is C20H15NS. The monoisotopic (exact) mass is 301 g/mol. The molecule has 2 heteroatoms. The second-order valence-electron chi connectivity index (χ2n) is 5.61. The van der Waals surface area contributed by atoms with Crippen LogP contribution < -0.4 is 0 Å². The van der Waals surface area contributed by atoms with Crippen molar-refractivity contribution in [3.8, 4) is 0 Å². The van der Waals surface area contributed by atoms with Crippen molar-refractivity contribution in [1.29, 1.82) is 0 Å². The molecule has 1 unspecified atom stereocenters. The average molecular weight is 301 g/mol. The Morgan fingerprint density at radius 2 is 1.45 bits per heavy atom. The molecule has 1 N–H and O–H groups in total. The Hall–Kier alpha value is -2.45. The summed E-state index contributed by atoms with van der Waals surface area (Å²) < 4.78 is 0. The van der Waals surface area contributed by atoms with Crippen LogP contribution in [0.2, 0.25) is 0 Å². The minimum atomic E-state index is -0.405. The molecule has 0 saturated heterocycles. The number of aromatic nitrogens is 1. The van der Waals surface area contributed by atoms with Crippen molar-refractivity contribution in [1.82, 2.24) is 4.98 Å². The summed E-state index contributed by atoms with van der Waals surface area (Å²) in [6.45, 7) is 0. The summed E-state index contributed by atoms with van der Waals surface area (Å²) in [6.07, 6.45) is 2.27. The molecule has 0 aliphatic carbocycles. The summed E-state index contributed by atoms with van der Waals surface area (Å²) in [7, 11) is -0.405. The molecule has 1 aliphatic rings.